The molecule has 0 bridgehead atoms. The Bertz CT molecular complexity index is 2080. The third kappa shape index (κ3) is 9.11. The Labute approximate surface area is 436 Å². The Hall–Kier alpha value is -1.63. The van der Waals surface area contributed by atoms with Crippen molar-refractivity contribution >= 4 is 5.97 Å². The van der Waals surface area contributed by atoms with Crippen molar-refractivity contribution in [3.05, 3.63) is 11.6 Å². The van der Waals surface area contributed by atoms with Gasteiger partial charge in [-0.25, -0.2) is 0 Å². The Morgan fingerprint density at radius 2 is 1.19 bits per heavy atom. The van der Waals surface area contributed by atoms with E-state index in [-0.39, 0.29) is 37.2 Å². The van der Waals surface area contributed by atoms with Crippen molar-refractivity contribution in [1.82, 2.24) is 0 Å². The number of carbonyl (C=O) groups is 1. The third-order valence-corrected chi connectivity index (χ3v) is 20.8. The summed E-state index contributed by atoms with van der Waals surface area (Å²) >= 11 is 0. The van der Waals surface area contributed by atoms with E-state index in [0.29, 0.717) is 50.5 Å². The Morgan fingerprint density at radius 1 is 0.613 bits per heavy atom. The molecule has 0 aromatic rings. The van der Waals surface area contributed by atoms with Gasteiger partial charge >= 0.3 is 5.97 Å². The van der Waals surface area contributed by atoms with Gasteiger partial charge in [-0.05, 0) is 106 Å². The van der Waals surface area contributed by atoms with Crippen LogP contribution in [0.1, 0.15) is 106 Å². The lowest BCUT2D eigenvalue weighted by Gasteiger charge is -2.71. The molecule has 4 saturated heterocycles. The fourth-order valence-corrected chi connectivity index (χ4v) is 16.0. The van der Waals surface area contributed by atoms with E-state index in [0.717, 1.165) is 0 Å². The summed E-state index contributed by atoms with van der Waals surface area (Å²) in [4.78, 5) is 14.8. The van der Waals surface area contributed by atoms with Crippen LogP contribution in [-0.4, -0.2) is 231 Å². The van der Waals surface area contributed by atoms with Crippen molar-refractivity contribution in [1.29, 1.82) is 0 Å². The minimum absolute atomic E-state index is 0.0370. The number of esters is 1. The minimum Gasteiger partial charge on any atom is -0.432 e. The van der Waals surface area contributed by atoms with Gasteiger partial charge in [0.25, 0.3) is 0 Å². The number of aliphatic hydroxyl groups is 14. The van der Waals surface area contributed by atoms with Crippen LogP contribution in [0.15, 0.2) is 11.6 Å². The highest BCUT2D eigenvalue weighted by Gasteiger charge is 2.73. The SMILES string of the molecule is C[C@@H]1O[C@@H](O[C@H]2[C@@H](O[C@H]3CC[C@@]4(C)[C@H](CC[C@]5(C)[C@@H]4CC=C4[C@@H]6[C@](C(=O)O[C@@H]7O[C@H](CO)[C@@H](O)[C@H](O)[C@H]7O)(CC[C@@H](C)[C@@]6(C)O)CC[C@]45O)C3(C)C)OC[C@H](O)[C@@H]2O[C@@H]2O[C@H](CO)[C@@H](O)[C@H](O)[C@H]2O)[C@H](O)[C@H](O)[C@H]1O. The van der Waals surface area contributed by atoms with E-state index in [1.807, 2.05) is 13.0 Å². The highest BCUT2D eigenvalue weighted by molar-refractivity contribution is 5.79. The first kappa shape index (κ1) is 58.0. The van der Waals surface area contributed by atoms with E-state index in [4.69, 9.17) is 37.9 Å². The van der Waals surface area contributed by atoms with Gasteiger partial charge in [-0.3, -0.25) is 4.79 Å². The van der Waals surface area contributed by atoms with Crippen LogP contribution < -0.4 is 0 Å². The van der Waals surface area contributed by atoms with Crippen molar-refractivity contribution in [2.75, 3.05) is 19.8 Å². The molecule has 0 aromatic carbocycles. The smallest absolute Gasteiger partial charge is 0.315 e. The van der Waals surface area contributed by atoms with E-state index in [1.54, 1.807) is 6.92 Å². The summed E-state index contributed by atoms with van der Waals surface area (Å²) in [6.45, 7) is 11.8. The molecule has 0 spiro atoms. The molecule has 23 nitrogen and oxygen atoms in total. The molecular weight excluding hydrogens is 993 g/mol. The molecule has 0 unspecified atom stereocenters. The lowest BCUT2D eigenvalue weighted by atomic mass is 9.35. The molecular formula is C52H84O23. The summed E-state index contributed by atoms with van der Waals surface area (Å²) in [6, 6.07) is 0. The molecule has 23 heteroatoms. The van der Waals surface area contributed by atoms with Crippen molar-refractivity contribution in [2.24, 2.45) is 45.3 Å². The van der Waals surface area contributed by atoms with Crippen LogP contribution in [0, 0.1) is 45.3 Å². The number of allylic oxidation sites excluding steroid dienone is 1. The number of rotatable bonds is 10. The first-order chi connectivity index (χ1) is 35.0. The molecule has 430 valence electrons. The van der Waals surface area contributed by atoms with E-state index in [1.165, 1.54) is 6.92 Å². The zero-order chi connectivity index (χ0) is 54.9. The molecule has 0 aromatic heterocycles. The average molecular weight is 1080 g/mol. The Balaban J connectivity index is 0.986. The number of hydrogen-bond acceptors (Lipinski definition) is 23. The van der Waals surface area contributed by atoms with Crippen LogP contribution >= 0.6 is 0 Å². The first-order valence-electron chi connectivity index (χ1n) is 27.0. The quantitative estimate of drug-likeness (QED) is 0.0603. The Morgan fingerprint density at radius 3 is 1.81 bits per heavy atom. The van der Waals surface area contributed by atoms with Crippen LogP contribution in [0.25, 0.3) is 0 Å². The summed E-state index contributed by atoms with van der Waals surface area (Å²) in [5.41, 5.74) is -5.60. The zero-order valence-corrected chi connectivity index (χ0v) is 43.9. The predicted molar refractivity (Wildman–Crippen MR) is 254 cm³/mol. The van der Waals surface area contributed by atoms with E-state index in [9.17, 15) is 76.3 Å². The van der Waals surface area contributed by atoms with Crippen LogP contribution in [0.3, 0.4) is 0 Å². The van der Waals surface area contributed by atoms with Crippen molar-refractivity contribution in [3.8, 4) is 0 Å². The van der Waals surface area contributed by atoms with Gasteiger partial charge in [-0.15, -0.1) is 0 Å². The second-order valence-corrected chi connectivity index (χ2v) is 25.0. The summed E-state index contributed by atoms with van der Waals surface area (Å²) in [7, 11) is 0. The van der Waals surface area contributed by atoms with E-state index < -0.39 is 181 Å². The third-order valence-electron chi connectivity index (χ3n) is 20.8. The molecule has 4 saturated carbocycles. The summed E-state index contributed by atoms with van der Waals surface area (Å²) < 4.78 is 48.5. The maximum atomic E-state index is 14.8. The number of carbonyl (C=O) groups excluding carboxylic acids is 1. The zero-order valence-electron chi connectivity index (χ0n) is 43.9. The predicted octanol–water partition coefficient (Wildman–Crippen LogP) is -2.67. The maximum absolute atomic E-state index is 14.8. The monoisotopic (exact) mass is 1080 g/mol. The summed E-state index contributed by atoms with van der Waals surface area (Å²) in [5, 5.41) is 154. The van der Waals surface area contributed by atoms with E-state index >= 15 is 0 Å². The highest BCUT2D eigenvalue weighted by Crippen LogP contribution is 2.74. The van der Waals surface area contributed by atoms with Gasteiger partial charge in [0, 0.05) is 11.3 Å². The molecule has 29 atom stereocenters. The normalized spacial score (nSPS) is 55.8. The van der Waals surface area contributed by atoms with E-state index in [2.05, 4.69) is 27.7 Å². The van der Waals surface area contributed by atoms with Crippen molar-refractivity contribution in [3.63, 3.8) is 0 Å². The molecule has 4 heterocycles. The lowest BCUT2D eigenvalue weighted by Crippen LogP contribution is -2.71. The van der Waals surface area contributed by atoms with Gasteiger partial charge in [0.1, 0.15) is 85.5 Å². The number of hydrogen-bond donors (Lipinski definition) is 14. The summed E-state index contributed by atoms with van der Waals surface area (Å²) in [6.07, 6.45) is -25.1. The second kappa shape index (κ2) is 20.7. The molecule has 5 aliphatic carbocycles. The second-order valence-electron chi connectivity index (χ2n) is 25.0. The summed E-state index contributed by atoms with van der Waals surface area (Å²) in [5.74, 6) is -2.14. The van der Waals surface area contributed by atoms with Gasteiger partial charge in [0.2, 0.25) is 6.29 Å². The fraction of sp³-hybridized carbons (Fsp3) is 0.942. The van der Waals surface area contributed by atoms with Gasteiger partial charge in [0.15, 0.2) is 18.9 Å². The Kier molecular flexibility index (Phi) is 16.0. The van der Waals surface area contributed by atoms with Crippen LogP contribution in [0.2, 0.25) is 0 Å². The molecule has 4 aliphatic heterocycles. The molecule has 75 heavy (non-hydrogen) atoms. The maximum Gasteiger partial charge on any atom is 0.315 e. The van der Waals surface area contributed by atoms with Gasteiger partial charge in [0.05, 0.1) is 48.6 Å². The van der Waals surface area contributed by atoms with Crippen LogP contribution in [-0.2, 0) is 42.7 Å². The van der Waals surface area contributed by atoms with Gasteiger partial charge < -0.3 is 109 Å². The van der Waals surface area contributed by atoms with Crippen LogP contribution in [0.5, 0.6) is 0 Å². The number of fused-ring (bicyclic) bond motifs is 7. The fourth-order valence-electron chi connectivity index (χ4n) is 16.0. The largest absolute Gasteiger partial charge is 0.432 e. The van der Waals surface area contributed by atoms with Crippen LogP contribution in [0.4, 0.5) is 0 Å². The molecule has 9 rings (SSSR count). The minimum atomic E-state index is -1.86. The molecule has 0 radical (unpaired) electrons. The number of aliphatic hydroxyl groups excluding tert-OH is 12. The molecule has 9 aliphatic rings. The molecule has 8 fully saturated rings. The van der Waals surface area contributed by atoms with Gasteiger partial charge in [-0.1, -0.05) is 40.7 Å². The molecule has 14 N–H and O–H groups in total. The first-order valence-corrected chi connectivity index (χ1v) is 27.0. The van der Waals surface area contributed by atoms with Crippen molar-refractivity contribution < 1.29 is 114 Å². The highest BCUT2D eigenvalue weighted by atomic mass is 16.8. The lowest BCUT2D eigenvalue weighted by molar-refractivity contribution is -0.388. The standard InChI is InChI=1S/C52H84O23/c1-21-10-15-51(46(65)75-44-38(64)35(61)32(58)26(19-54)71-44)16-17-52(67)23(41(51)50(21,7)66)8-9-28-48(5)13-12-29(47(3,4)27(48)11-14-49(28,52)6)72-45-40(74-42-36(62)33(59)30(56)22(2)69-42)39(24(55)20-68-45)73-43-37(63)34(60)31(57)25(18-53)70-43/h8,21-22,24-45,53-64,66-67H,9-20H2,1-7H3/t21-,22+,24+,25-,26-,27-,28-,29+,30+,31-,32-,33-,34+,35+,36-,37-,38-,39+,40-,41+,42+,43+,44+,45-,48+,49-,50-,51+,52+/m1/s1. The average Bonchev–Trinajstić information content (AvgIpc) is 3.38. The van der Waals surface area contributed by atoms with Gasteiger partial charge in [-0.2, -0.15) is 0 Å². The van der Waals surface area contributed by atoms with Crippen molar-refractivity contribution in [2.45, 2.75) is 240 Å². The molecule has 0 amide bonds. The number of ether oxygens (including phenoxy) is 8. The topological polar surface area (TPSA) is 374 Å².